The van der Waals surface area contributed by atoms with Crippen molar-refractivity contribution < 1.29 is 4.42 Å². The molecule has 3 nitrogen and oxygen atoms in total. The minimum Gasteiger partial charge on any atom is -0.464 e. The van der Waals surface area contributed by atoms with Crippen molar-refractivity contribution in [1.29, 1.82) is 0 Å². The van der Waals surface area contributed by atoms with Gasteiger partial charge in [-0.1, -0.05) is 18.5 Å². The maximum Gasteiger partial charge on any atom is 0.123 e. The summed E-state index contributed by atoms with van der Waals surface area (Å²) in [5, 5.41) is 4.15. The molecule has 0 amide bonds. The highest BCUT2D eigenvalue weighted by molar-refractivity contribution is 6.31. The van der Waals surface area contributed by atoms with Gasteiger partial charge in [0.25, 0.3) is 0 Å². The molecule has 112 valence electrons. The van der Waals surface area contributed by atoms with E-state index >= 15 is 0 Å². The van der Waals surface area contributed by atoms with Crippen molar-refractivity contribution >= 4 is 23.0 Å². The lowest BCUT2D eigenvalue weighted by atomic mass is 10.2. The second-order valence-corrected chi connectivity index (χ2v) is 6.47. The van der Waals surface area contributed by atoms with Gasteiger partial charge in [0, 0.05) is 25.0 Å². The number of halogens is 1. The lowest BCUT2D eigenvalue weighted by Crippen LogP contribution is -2.12. The Morgan fingerprint density at radius 1 is 1.29 bits per heavy atom. The van der Waals surface area contributed by atoms with Crippen molar-refractivity contribution in [3.63, 3.8) is 0 Å². The summed E-state index contributed by atoms with van der Waals surface area (Å²) in [6.45, 7) is 2.93. The molecule has 1 aliphatic carbocycles. The van der Waals surface area contributed by atoms with Gasteiger partial charge in [-0.2, -0.15) is 0 Å². The maximum atomic E-state index is 6.09. The topological polar surface area (TPSA) is 28.4 Å². The van der Waals surface area contributed by atoms with E-state index in [4.69, 9.17) is 16.0 Å². The molecule has 1 fully saturated rings. The van der Waals surface area contributed by atoms with Crippen molar-refractivity contribution in [3.8, 4) is 0 Å². The van der Waals surface area contributed by atoms with Gasteiger partial charge in [-0.25, -0.2) is 0 Å². The zero-order valence-corrected chi connectivity index (χ0v) is 13.4. The van der Waals surface area contributed by atoms with Crippen LogP contribution in [0.3, 0.4) is 0 Å². The molecule has 0 aliphatic heterocycles. The van der Waals surface area contributed by atoms with Crippen LogP contribution in [0.25, 0.3) is 0 Å². The Bertz CT molecular complexity index is 635. The average molecular weight is 305 g/mol. The Hall–Kier alpha value is -1.61. The Balaban J connectivity index is 1.69. The van der Waals surface area contributed by atoms with E-state index in [1.54, 1.807) is 0 Å². The van der Waals surface area contributed by atoms with Gasteiger partial charge in [-0.3, -0.25) is 0 Å². The van der Waals surface area contributed by atoms with E-state index < -0.39 is 0 Å². The van der Waals surface area contributed by atoms with Crippen LogP contribution in [0, 0.1) is 5.92 Å². The van der Waals surface area contributed by atoms with Crippen molar-refractivity contribution in [2.45, 2.75) is 25.8 Å². The van der Waals surface area contributed by atoms with Gasteiger partial charge < -0.3 is 14.6 Å². The summed E-state index contributed by atoms with van der Waals surface area (Å²) in [5.74, 6) is 3.49. The fourth-order valence-electron chi connectivity index (χ4n) is 2.63. The predicted octanol–water partition coefficient (Wildman–Crippen LogP) is 4.73. The molecular formula is C17H21ClN2O. The SMILES string of the molecule is CC1CC1c1ccc(CNc2cc(Cl)ccc2N(C)C)o1. The molecule has 0 spiro atoms. The zero-order valence-electron chi connectivity index (χ0n) is 12.7. The van der Waals surface area contributed by atoms with Crippen LogP contribution in [-0.2, 0) is 6.54 Å². The Morgan fingerprint density at radius 2 is 2.05 bits per heavy atom. The summed E-state index contributed by atoms with van der Waals surface area (Å²) in [7, 11) is 4.04. The third-order valence-corrected chi connectivity index (χ3v) is 4.29. The van der Waals surface area contributed by atoms with Crippen molar-refractivity contribution in [2.75, 3.05) is 24.3 Å². The quantitative estimate of drug-likeness (QED) is 0.865. The summed E-state index contributed by atoms with van der Waals surface area (Å²) in [6, 6.07) is 10.0. The molecule has 1 aromatic heterocycles. The molecule has 3 rings (SSSR count). The Kier molecular flexibility index (Phi) is 3.85. The monoisotopic (exact) mass is 304 g/mol. The summed E-state index contributed by atoms with van der Waals surface area (Å²) in [6.07, 6.45) is 1.25. The molecule has 1 N–H and O–H groups in total. The van der Waals surface area contributed by atoms with Gasteiger partial charge in [-0.05, 0) is 42.7 Å². The number of nitrogens with one attached hydrogen (secondary N) is 1. The minimum absolute atomic E-state index is 0.627. The average Bonchev–Trinajstić information content (AvgIpc) is 2.99. The molecule has 21 heavy (non-hydrogen) atoms. The van der Waals surface area contributed by atoms with Gasteiger partial charge in [0.1, 0.15) is 11.5 Å². The summed E-state index contributed by atoms with van der Waals surface area (Å²) >= 11 is 6.09. The summed E-state index contributed by atoms with van der Waals surface area (Å²) in [5.41, 5.74) is 2.13. The van der Waals surface area contributed by atoms with Crippen LogP contribution in [0.15, 0.2) is 34.7 Å². The van der Waals surface area contributed by atoms with Gasteiger partial charge in [0.2, 0.25) is 0 Å². The highest BCUT2D eigenvalue weighted by Crippen LogP contribution is 2.47. The van der Waals surface area contributed by atoms with Gasteiger partial charge in [0.15, 0.2) is 0 Å². The minimum atomic E-state index is 0.627. The number of benzene rings is 1. The maximum absolute atomic E-state index is 6.09. The van der Waals surface area contributed by atoms with Crippen molar-refractivity contribution in [1.82, 2.24) is 0 Å². The first kappa shape index (κ1) is 14.3. The molecule has 1 saturated carbocycles. The highest BCUT2D eigenvalue weighted by atomic mass is 35.5. The number of furan rings is 1. The lowest BCUT2D eigenvalue weighted by Gasteiger charge is -2.18. The van der Waals surface area contributed by atoms with Crippen LogP contribution < -0.4 is 10.2 Å². The molecule has 0 saturated heterocycles. The standard InChI is InChI=1S/C17H21ClN2O/c1-11-8-14(11)17-7-5-13(21-17)10-19-15-9-12(18)4-6-16(15)20(2)3/h4-7,9,11,14,19H,8,10H2,1-3H3. The molecule has 0 radical (unpaired) electrons. The first-order valence-electron chi connectivity index (χ1n) is 7.34. The van der Waals surface area contributed by atoms with Gasteiger partial charge >= 0.3 is 0 Å². The van der Waals surface area contributed by atoms with E-state index in [9.17, 15) is 0 Å². The van der Waals surface area contributed by atoms with Crippen LogP contribution in [0.2, 0.25) is 5.02 Å². The number of rotatable bonds is 5. The van der Waals surface area contributed by atoms with E-state index in [1.165, 1.54) is 6.42 Å². The number of hydrogen-bond acceptors (Lipinski definition) is 3. The van der Waals surface area contributed by atoms with Gasteiger partial charge in [-0.15, -0.1) is 0 Å². The third kappa shape index (κ3) is 3.18. The molecular weight excluding hydrogens is 284 g/mol. The first-order valence-corrected chi connectivity index (χ1v) is 7.71. The van der Waals surface area contributed by atoms with E-state index in [-0.39, 0.29) is 0 Å². The van der Waals surface area contributed by atoms with Crippen LogP contribution in [0.4, 0.5) is 11.4 Å². The number of hydrogen-bond donors (Lipinski definition) is 1. The van der Waals surface area contributed by atoms with E-state index in [2.05, 4.69) is 29.3 Å². The second kappa shape index (κ2) is 5.64. The van der Waals surface area contributed by atoms with Crippen LogP contribution in [-0.4, -0.2) is 14.1 Å². The molecule has 4 heteroatoms. The molecule has 1 aromatic carbocycles. The van der Waals surface area contributed by atoms with Crippen LogP contribution in [0.5, 0.6) is 0 Å². The second-order valence-electron chi connectivity index (χ2n) is 6.03. The highest BCUT2D eigenvalue weighted by Gasteiger charge is 2.36. The third-order valence-electron chi connectivity index (χ3n) is 4.05. The molecule has 2 aromatic rings. The van der Waals surface area contributed by atoms with Crippen LogP contribution >= 0.6 is 11.6 Å². The van der Waals surface area contributed by atoms with Gasteiger partial charge in [0.05, 0.1) is 17.9 Å². The number of anilines is 2. The predicted molar refractivity (Wildman–Crippen MR) is 88.3 cm³/mol. The van der Waals surface area contributed by atoms with E-state index in [0.29, 0.717) is 12.5 Å². The largest absolute Gasteiger partial charge is 0.464 e. The lowest BCUT2D eigenvalue weighted by molar-refractivity contribution is 0.468. The molecule has 0 bridgehead atoms. The van der Waals surface area contributed by atoms with Crippen molar-refractivity contribution in [2.24, 2.45) is 5.92 Å². The van der Waals surface area contributed by atoms with E-state index in [1.807, 2.05) is 32.3 Å². The Morgan fingerprint density at radius 3 is 2.71 bits per heavy atom. The molecule has 1 aliphatic rings. The van der Waals surface area contributed by atoms with E-state index in [0.717, 1.165) is 33.8 Å². The zero-order chi connectivity index (χ0) is 15.0. The van der Waals surface area contributed by atoms with Crippen LogP contribution in [0.1, 0.15) is 30.8 Å². The fraction of sp³-hybridized carbons (Fsp3) is 0.412. The fourth-order valence-corrected chi connectivity index (χ4v) is 2.80. The molecule has 2 unspecified atom stereocenters. The molecule has 2 atom stereocenters. The van der Waals surface area contributed by atoms with Crippen molar-refractivity contribution in [3.05, 3.63) is 46.9 Å². The smallest absolute Gasteiger partial charge is 0.123 e. The summed E-state index contributed by atoms with van der Waals surface area (Å²) < 4.78 is 5.92. The Labute approximate surface area is 130 Å². The summed E-state index contributed by atoms with van der Waals surface area (Å²) in [4.78, 5) is 2.07. The first-order chi connectivity index (χ1) is 10.0. The molecule has 1 heterocycles. The number of nitrogens with zero attached hydrogens (tertiary/aromatic N) is 1. The normalized spacial score (nSPS) is 20.4.